The van der Waals surface area contributed by atoms with E-state index in [0.717, 1.165) is 63.4 Å². The quantitative estimate of drug-likeness (QED) is 0.142. The number of fused-ring (bicyclic) bond motifs is 1. The highest BCUT2D eigenvalue weighted by Crippen LogP contribution is 2.51. The number of hydrogen-bond donors (Lipinski definition) is 2. The fraction of sp³-hybridized carbons (Fsp3) is 0.353. The number of hydrogen-bond acceptors (Lipinski definition) is 5. The highest BCUT2D eigenvalue weighted by Gasteiger charge is 2.44. The molecule has 1 fully saturated rings. The molecule has 42 heavy (non-hydrogen) atoms. The summed E-state index contributed by atoms with van der Waals surface area (Å²) in [6.45, 7) is 3.89. The summed E-state index contributed by atoms with van der Waals surface area (Å²) in [6, 6.07) is 20.7. The first-order valence-electron chi connectivity index (χ1n) is 14.2. The second-order valence-corrected chi connectivity index (χ2v) is 14.6. The van der Waals surface area contributed by atoms with Crippen LogP contribution >= 0.6 is 46.3 Å². The smallest absolute Gasteiger partial charge is 0.303 e. The molecule has 0 amide bonds. The number of halogens is 2. The van der Waals surface area contributed by atoms with Gasteiger partial charge in [-0.25, -0.2) is 4.98 Å². The van der Waals surface area contributed by atoms with Crippen molar-refractivity contribution in [2.75, 3.05) is 11.5 Å². The summed E-state index contributed by atoms with van der Waals surface area (Å²) in [5, 5.41) is 21.1. The van der Waals surface area contributed by atoms with E-state index in [1.807, 2.05) is 62.0 Å². The molecule has 0 radical (unpaired) electrons. The summed E-state index contributed by atoms with van der Waals surface area (Å²) in [6.07, 6.45) is 7.80. The zero-order valence-electron chi connectivity index (χ0n) is 23.8. The van der Waals surface area contributed by atoms with Gasteiger partial charge in [0.2, 0.25) is 0 Å². The Hall–Kier alpha value is -2.35. The third-order valence-electron chi connectivity index (χ3n) is 8.27. The van der Waals surface area contributed by atoms with Crippen LogP contribution in [0.3, 0.4) is 0 Å². The molecule has 2 aromatic heterocycles. The molecular formula is C34H35Cl2NO3S2. The second kappa shape index (κ2) is 13.1. The van der Waals surface area contributed by atoms with E-state index >= 15 is 0 Å². The van der Waals surface area contributed by atoms with Gasteiger partial charge >= 0.3 is 5.97 Å². The average Bonchev–Trinajstić information content (AvgIpc) is 3.68. The minimum atomic E-state index is -0.935. The molecular weight excluding hydrogens is 605 g/mol. The number of aliphatic hydroxyl groups is 1. The Balaban J connectivity index is 1.41. The van der Waals surface area contributed by atoms with Gasteiger partial charge in [0.1, 0.15) is 9.85 Å². The predicted molar refractivity (Wildman–Crippen MR) is 179 cm³/mol. The fourth-order valence-corrected chi connectivity index (χ4v) is 8.22. The Morgan fingerprint density at radius 2 is 1.93 bits per heavy atom. The van der Waals surface area contributed by atoms with Gasteiger partial charge in [0.05, 0.1) is 27.4 Å². The van der Waals surface area contributed by atoms with Crippen molar-refractivity contribution in [3.8, 4) is 0 Å². The maximum atomic E-state index is 11.3. The van der Waals surface area contributed by atoms with Crippen LogP contribution in [0.1, 0.15) is 79.8 Å². The van der Waals surface area contributed by atoms with Gasteiger partial charge < -0.3 is 10.2 Å². The molecule has 220 valence electrons. The zero-order chi connectivity index (χ0) is 29.9. The Kier molecular flexibility index (Phi) is 9.70. The Morgan fingerprint density at radius 1 is 1.14 bits per heavy atom. The van der Waals surface area contributed by atoms with Crippen molar-refractivity contribution in [2.45, 2.75) is 57.5 Å². The molecule has 2 aromatic carbocycles. The summed E-state index contributed by atoms with van der Waals surface area (Å²) in [7, 11) is 0. The Morgan fingerprint density at radius 3 is 2.67 bits per heavy atom. The number of aliphatic carboxylic acids is 1. The van der Waals surface area contributed by atoms with Crippen LogP contribution in [0.2, 0.25) is 9.36 Å². The maximum absolute atomic E-state index is 11.3. The van der Waals surface area contributed by atoms with Gasteiger partial charge in [-0.2, -0.15) is 11.8 Å². The van der Waals surface area contributed by atoms with Crippen LogP contribution in [-0.2, 0) is 10.4 Å². The van der Waals surface area contributed by atoms with Crippen molar-refractivity contribution >= 4 is 74.6 Å². The van der Waals surface area contributed by atoms with Crippen LogP contribution in [0.25, 0.3) is 22.4 Å². The topological polar surface area (TPSA) is 70.4 Å². The molecule has 8 heteroatoms. The third-order valence-corrected chi connectivity index (χ3v) is 11.5. The first-order valence-corrected chi connectivity index (χ1v) is 17.0. The lowest BCUT2D eigenvalue weighted by Gasteiger charge is -2.29. The minimum absolute atomic E-state index is 0.0316. The first kappa shape index (κ1) is 31.1. The number of carbonyl (C=O) groups is 1. The van der Waals surface area contributed by atoms with Crippen LogP contribution in [0.5, 0.6) is 0 Å². The first-order chi connectivity index (χ1) is 20.1. The SMILES string of the molecule is CCC(C)(O)c1ccccc1C(CCSCC1(CC(=O)O)CC1)c1cccc(/C=C/c2ccc3sc(Cl)c(Cl)c3n2)c1. The lowest BCUT2D eigenvalue weighted by molar-refractivity contribution is -0.138. The highest BCUT2D eigenvalue weighted by molar-refractivity contribution is 7.99. The number of benzene rings is 2. The van der Waals surface area contributed by atoms with E-state index < -0.39 is 11.6 Å². The van der Waals surface area contributed by atoms with Crippen LogP contribution < -0.4 is 0 Å². The van der Waals surface area contributed by atoms with Crippen LogP contribution in [0.4, 0.5) is 0 Å². The predicted octanol–water partition coefficient (Wildman–Crippen LogP) is 9.90. The van der Waals surface area contributed by atoms with E-state index in [-0.39, 0.29) is 17.8 Å². The summed E-state index contributed by atoms with van der Waals surface area (Å²) < 4.78 is 1.51. The Bertz CT molecular complexity index is 1610. The molecule has 0 spiro atoms. The molecule has 4 aromatic rings. The summed E-state index contributed by atoms with van der Waals surface area (Å²) in [5.41, 5.74) is 4.88. The molecule has 1 aliphatic carbocycles. The van der Waals surface area contributed by atoms with Gasteiger partial charge in [-0.1, -0.05) is 84.7 Å². The van der Waals surface area contributed by atoms with Gasteiger partial charge in [-0.3, -0.25) is 4.79 Å². The number of carboxylic acid groups (broad SMARTS) is 1. The molecule has 0 bridgehead atoms. The van der Waals surface area contributed by atoms with Gasteiger partial charge in [-0.05, 0) is 90.0 Å². The molecule has 4 nitrogen and oxygen atoms in total. The molecule has 1 saturated carbocycles. The summed E-state index contributed by atoms with van der Waals surface area (Å²) in [5.74, 6) is 1.16. The van der Waals surface area contributed by atoms with Crippen molar-refractivity contribution in [3.63, 3.8) is 0 Å². The van der Waals surface area contributed by atoms with Crippen molar-refractivity contribution in [1.29, 1.82) is 0 Å². The second-order valence-electron chi connectivity index (χ2n) is 11.5. The van der Waals surface area contributed by atoms with E-state index in [1.54, 1.807) is 0 Å². The van der Waals surface area contributed by atoms with Crippen molar-refractivity contribution in [2.24, 2.45) is 5.41 Å². The fourth-order valence-electron chi connectivity index (χ4n) is 5.43. The summed E-state index contributed by atoms with van der Waals surface area (Å²) >= 11 is 15.8. The number of thiophene rings is 1. The Labute approximate surface area is 265 Å². The number of rotatable bonds is 13. The van der Waals surface area contributed by atoms with Crippen LogP contribution in [0.15, 0.2) is 60.7 Å². The summed E-state index contributed by atoms with van der Waals surface area (Å²) in [4.78, 5) is 16.0. The minimum Gasteiger partial charge on any atom is -0.481 e. The van der Waals surface area contributed by atoms with E-state index in [4.69, 9.17) is 28.2 Å². The van der Waals surface area contributed by atoms with Crippen LogP contribution in [0, 0.1) is 5.41 Å². The molecule has 2 unspecified atom stereocenters. The van der Waals surface area contributed by atoms with Gasteiger partial charge in [-0.15, -0.1) is 11.3 Å². The molecule has 5 rings (SSSR count). The monoisotopic (exact) mass is 639 g/mol. The van der Waals surface area contributed by atoms with Gasteiger partial charge in [0.15, 0.2) is 0 Å². The number of aromatic nitrogens is 1. The molecule has 1 aliphatic rings. The van der Waals surface area contributed by atoms with E-state index in [1.165, 1.54) is 16.9 Å². The molecule has 0 aliphatic heterocycles. The van der Waals surface area contributed by atoms with Gasteiger partial charge in [0, 0.05) is 5.92 Å². The normalized spacial score (nSPS) is 16.5. The molecule has 0 saturated heterocycles. The van der Waals surface area contributed by atoms with E-state index in [2.05, 4.69) is 36.4 Å². The van der Waals surface area contributed by atoms with Crippen molar-refractivity contribution in [1.82, 2.24) is 4.98 Å². The van der Waals surface area contributed by atoms with E-state index in [9.17, 15) is 15.0 Å². The maximum Gasteiger partial charge on any atom is 0.303 e. The van der Waals surface area contributed by atoms with E-state index in [0.29, 0.717) is 15.8 Å². The lowest BCUT2D eigenvalue weighted by Crippen LogP contribution is -2.23. The number of thioether (sulfide) groups is 1. The zero-order valence-corrected chi connectivity index (χ0v) is 26.9. The largest absolute Gasteiger partial charge is 0.481 e. The van der Waals surface area contributed by atoms with Crippen molar-refractivity contribution in [3.05, 3.63) is 98.0 Å². The third kappa shape index (κ3) is 7.23. The number of nitrogens with zero attached hydrogens (tertiary/aromatic N) is 1. The highest BCUT2D eigenvalue weighted by atomic mass is 35.5. The molecule has 2 heterocycles. The number of carboxylic acids is 1. The van der Waals surface area contributed by atoms with Crippen molar-refractivity contribution < 1.29 is 15.0 Å². The lowest BCUT2D eigenvalue weighted by atomic mass is 9.80. The van der Waals surface area contributed by atoms with Gasteiger partial charge in [0.25, 0.3) is 0 Å². The number of pyridine rings is 1. The molecule has 2 atom stereocenters. The van der Waals surface area contributed by atoms with Crippen LogP contribution in [-0.4, -0.2) is 32.7 Å². The standard InChI is InChI=1S/C34H35Cl2NO3S2/c1-3-33(2,40)27-10-5-4-9-26(27)25(15-18-41-21-34(16-17-34)20-29(38)39)23-8-6-7-22(19-23)11-12-24-13-14-28-31(37-24)30(35)32(36)42-28/h4-14,19,25,40H,3,15-18,20-21H2,1-2H3,(H,38,39)/b12-11+. The average molecular weight is 641 g/mol. The molecule has 2 N–H and O–H groups in total.